The molecular formula is C17H24FN3O. The number of aliphatic hydroxyl groups is 1. The number of aliphatic hydroxyl groups excluding tert-OH is 1. The molecule has 0 fully saturated rings. The summed E-state index contributed by atoms with van der Waals surface area (Å²) in [6.07, 6.45) is 0.870. The molecule has 22 heavy (non-hydrogen) atoms. The van der Waals surface area contributed by atoms with Gasteiger partial charge in [0.15, 0.2) is 0 Å². The second-order valence-corrected chi connectivity index (χ2v) is 5.59. The van der Waals surface area contributed by atoms with Gasteiger partial charge in [-0.1, -0.05) is 6.07 Å². The van der Waals surface area contributed by atoms with Gasteiger partial charge >= 0.3 is 0 Å². The Morgan fingerprint density at radius 1 is 1.27 bits per heavy atom. The van der Waals surface area contributed by atoms with Crippen LogP contribution in [0.3, 0.4) is 0 Å². The number of benzene rings is 1. The maximum absolute atomic E-state index is 13.1. The first-order valence-corrected chi connectivity index (χ1v) is 7.62. The van der Waals surface area contributed by atoms with E-state index in [1.807, 2.05) is 31.5 Å². The van der Waals surface area contributed by atoms with Crippen LogP contribution in [0.4, 0.5) is 4.39 Å². The van der Waals surface area contributed by atoms with Crippen molar-refractivity contribution in [1.29, 1.82) is 0 Å². The third kappa shape index (κ3) is 3.93. The lowest BCUT2D eigenvalue weighted by Gasteiger charge is -2.08. The fourth-order valence-electron chi connectivity index (χ4n) is 2.68. The summed E-state index contributed by atoms with van der Waals surface area (Å²) in [6, 6.07) is 4.93. The molecule has 2 rings (SSSR count). The van der Waals surface area contributed by atoms with Crippen LogP contribution >= 0.6 is 0 Å². The lowest BCUT2D eigenvalue weighted by molar-refractivity contribution is 0.267. The zero-order valence-corrected chi connectivity index (χ0v) is 13.5. The largest absolute Gasteiger partial charge is 0.394 e. The van der Waals surface area contributed by atoms with Gasteiger partial charge < -0.3 is 10.4 Å². The van der Waals surface area contributed by atoms with Crippen LogP contribution in [0.15, 0.2) is 18.2 Å². The SMILES string of the molecule is Cc1cc(F)ccc1CCNCc1c(C)nn(CCO)c1C. The molecule has 120 valence electrons. The number of rotatable bonds is 7. The van der Waals surface area contributed by atoms with Crippen LogP contribution in [0.5, 0.6) is 0 Å². The summed E-state index contributed by atoms with van der Waals surface area (Å²) in [5.41, 5.74) is 5.43. The number of hydrogen-bond donors (Lipinski definition) is 2. The predicted octanol–water partition coefficient (Wildman–Crippen LogP) is 2.27. The van der Waals surface area contributed by atoms with Crippen molar-refractivity contribution >= 4 is 0 Å². The minimum absolute atomic E-state index is 0.0959. The molecule has 0 bridgehead atoms. The highest BCUT2D eigenvalue weighted by Crippen LogP contribution is 2.13. The number of halogens is 1. The molecule has 1 aromatic heterocycles. The molecule has 1 aromatic carbocycles. The second kappa shape index (κ2) is 7.51. The van der Waals surface area contributed by atoms with Crippen molar-refractivity contribution in [3.8, 4) is 0 Å². The smallest absolute Gasteiger partial charge is 0.123 e. The first kappa shape index (κ1) is 16.6. The van der Waals surface area contributed by atoms with Gasteiger partial charge in [-0.2, -0.15) is 5.10 Å². The summed E-state index contributed by atoms with van der Waals surface area (Å²) >= 11 is 0. The van der Waals surface area contributed by atoms with E-state index in [0.29, 0.717) is 6.54 Å². The highest BCUT2D eigenvalue weighted by atomic mass is 19.1. The van der Waals surface area contributed by atoms with E-state index in [1.165, 1.54) is 17.2 Å². The van der Waals surface area contributed by atoms with Crippen LogP contribution < -0.4 is 5.32 Å². The number of nitrogens with one attached hydrogen (secondary N) is 1. The predicted molar refractivity (Wildman–Crippen MR) is 85.3 cm³/mol. The van der Waals surface area contributed by atoms with Gasteiger partial charge in [-0.25, -0.2) is 4.39 Å². The zero-order chi connectivity index (χ0) is 16.1. The van der Waals surface area contributed by atoms with Crippen LogP contribution in [0.25, 0.3) is 0 Å². The topological polar surface area (TPSA) is 50.1 Å². The van der Waals surface area contributed by atoms with Crippen molar-refractivity contribution in [1.82, 2.24) is 15.1 Å². The first-order valence-electron chi connectivity index (χ1n) is 7.62. The van der Waals surface area contributed by atoms with Gasteiger partial charge in [-0.3, -0.25) is 4.68 Å². The summed E-state index contributed by atoms with van der Waals surface area (Å²) in [6.45, 7) is 8.16. The molecule has 0 atom stereocenters. The summed E-state index contributed by atoms with van der Waals surface area (Å²) in [5, 5.41) is 16.9. The van der Waals surface area contributed by atoms with Gasteiger partial charge in [0.1, 0.15) is 5.82 Å². The summed E-state index contributed by atoms with van der Waals surface area (Å²) < 4.78 is 14.9. The first-order chi connectivity index (χ1) is 10.5. The molecular weight excluding hydrogens is 281 g/mol. The maximum atomic E-state index is 13.1. The fourth-order valence-corrected chi connectivity index (χ4v) is 2.68. The standard InChI is InChI=1S/C17H24FN3O/c1-12-10-16(18)5-4-15(12)6-7-19-11-17-13(2)20-21(8-9-22)14(17)3/h4-5,10,19,22H,6-9,11H2,1-3H3. The van der Waals surface area contributed by atoms with Gasteiger partial charge in [0, 0.05) is 17.8 Å². The third-order valence-corrected chi connectivity index (χ3v) is 4.02. The number of nitrogens with zero attached hydrogens (tertiary/aromatic N) is 2. The van der Waals surface area contributed by atoms with E-state index in [1.54, 1.807) is 6.07 Å². The minimum atomic E-state index is -0.184. The Kier molecular flexibility index (Phi) is 5.69. The fraction of sp³-hybridized carbons (Fsp3) is 0.471. The molecule has 0 aliphatic heterocycles. The molecule has 0 radical (unpaired) electrons. The summed E-state index contributed by atoms with van der Waals surface area (Å²) in [7, 11) is 0. The van der Waals surface area contributed by atoms with Crippen LogP contribution in [-0.2, 0) is 19.5 Å². The molecule has 0 saturated heterocycles. The molecule has 4 nitrogen and oxygen atoms in total. The Balaban J connectivity index is 1.89. The molecule has 2 aromatic rings. The molecule has 0 spiro atoms. The van der Waals surface area contributed by atoms with E-state index in [2.05, 4.69) is 10.4 Å². The second-order valence-electron chi connectivity index (χ2n) is 5.59. The molecule has 0 amide bonds. The lowest BCUT2D eigenvalue weighted by Crippen LogP contribution is -2.18. The van der Waals surface area contributed by atoms with Crippen molar-refractivity contribution in [3.05, 3.63) is 52.1 Å². The molecule has 5 heteroatoms. The number of aromatic nitrogens is 2. The van der Waals surface area contributed by atoms with E-state index >= 15 is 0 Å². The quantitative estimate of drug-likeness (QED) is 0.772. The van der Waals surface area contributed by atoms with E-state index in [4.69, 9.17) is 5.11 Å². The molecule has 0 unspecified atom stereocenters. The van der Waals surface area contributed by atoms with Crippen molar-refractivity contribution in [3.63, 3.8) is 0 Å². The Labute approximate surface area is 131 Å². The van der Waals surface area contributed by atoms with Crippen molar-refractivity contribution in [2.75, 3.05) is 13.2 Å². The van der Waals surface area contributed by atoms with Crippen LogP contribution in [0.2, 0.25) is 0 Å². The minimum Gasteiger partial charge on any atom is -0.394 e. The van der Waals surface area contributed by atoms with Gasteiger partial charge in [-0.05, 0) is 57.0 Å². The van der Waals surface area contributed by atoms with E-state index in [0.717, 1.165) is 36.5 Å². The molecule has 0 saturated carbocycles. The van der Waals surface area contributed by atoms with E-state index in [-0.39, 0.29) is 12.4 Å². The number of aryl methyl sites for hydroxylation is 2. The Morgan fingerprint density at radius 2 is 2.05 bits per heavy atom. The Morgan fingerprint density at radius 3 is 2.73 bits per heavy atom. The lowest BCUT2D eigenvalue weighted by atomic mass is 10.1. The molecule has 0 aliphatic rings. The molecule has 1 heterocycles. The summed E-state index contributed by atoms with van der Waals surface area (Å²) in [5.74, 6) is -0.184. The van der Waals surface area contributed by atoms with Crippen molar-refractivity contribution in [2.45, 2.75) is 40.3 Å². The van der Waals surface area contributed by atoms with Gasteiger partial charge in [0.2, 0.25) is 0 Å². The van der Waals surface area contributed by atoms with Crippen LogP contribution in [0, 0.1) is 26.6 Å². The summed E-state index contributed by atoms with van der Waals surface area (Å²) in [4.78, 5) is 0. The van der Waals surface area contributed by atoms with E-state index in [9.17, 15) is 4.39 Å². The number of hydrogen-bond acceptors (Lipinski definition) is 3. The Bertz CT molecular complexity index is 637. The average Bonchev–Trinajstić information content (AvgIpc) is 2.73. The zero-order valence-electron chi connectivity index (χ0n) is 13.5. The molecule has 0 aliphatic carbocycles. The van der Waals surface area contributed by atoms with Crippen molar-refractivity contribution in [2.24, 2.45) is 0 Å². The highest BCUT2D eigenvalue weighted by Gasteiger charge is 2.10. The van der Waals surface area contributed by atoms with Gasteiger partial charge in [0.25, 0.3) is 0 Å². The average molecular weight is 305 g/mol. The van der Waals surface area contributed by atoms with Gasteiger partial charge in [-0.15, -0.1) is 0 Å². The maximum Gasteiger partial charge on any atom is 0.123 e. The Hall–Kier alpha value is -1.72. The molecule has 2 N–H and O–H groups in total. The van der Waals surface area contributed by atoms with Crippen LogP contribution in [-0.4, -0.2) is 28.0 Å². The monoisotopic (exact) mass is 305 g/mol. The van der Waals surface area contributed by atoms with Crippen LogP contribution in [0.1, 0.15) is 28.1 Å². The van der Waals surface area contributed by atoms with Gasteiger partial charge in [0.05, 0.1) is 18.8 Å². The van der Waals surface area contributed by atoms with Crippen molar-refractivity contribution < 1.29 is 9.50 Å². The third-order valence-electron chi connectivity index (χ3n) is 4.02. The highest BCUT2D eigenvalue weighted by molar-refractivity contribution is 5.27. The normalized spacial score (nSPS) is 11.1. The van der Waals surface area contributed by atoms with E-state index < -0.39 is 0 Å².